The summed E-state index contributed by atoms with van der Waals surface area (Å²) in [6.45, 7) is 1.03. The standard InChI is InChI=1S/C19H21N3O5S/c1-26-14-6-3-2-5-13(14)11-20-17(23)18(24)21-12-16-22(8-9-27-16)19(25)15-7-4-10-28-15/h2-7,10,16H,8-9,11-12H2,1H3,(H,20,23)(H,21,24)/t16-/m0/s1. The lowest BCUT2D eigenvalue weighted by Crippen LogP contribution is -2.47. The summed E-state index contributed by atoms with van der Waals surface area (Å²) in [4.78, 5) is 38.7. The number of thiophene rings is 1. The lowest BCUT2D eigenvalue weighted by molar-refractivity contribution is -0.139. The number of hydrogen-bond donors (Lipinski definition) is 2. The van der Waals surface area contributed by atoms with Crippen molar-refractivity contribution in [2.45, 2.75) is 12.8 Å². The summed E-state index contributed by atoms with van der Waals surface area (Å²) in [7, 11) is 1.54. The van der Waals surface area contributed by atoms with Crippen LogP contribution in [0.2, 0.25) is 0 Å². The van der Waals surface area contributed by atoms with Gasteiger partial charge in [0.25, 0.3) is 5.91 Å². The average molecular weight is 403 g/mol. The minimum absolute atomic E-state index is 0.0397. The van der Waals surface area contributed by atoms with Crippen LogP contribution < -0.4 is 15.4 Å². The first kappa shape index (κ1) is 19.8. The monoisotopic (exact) mass is 403 g/mol. The van der Waals surface area contributed by atoms with Gasteiger partial charge < -0.3 is 25.0 Å². The van der Waals surface area contributed by atoms with Crippen LogP contribution in [0.3, 0.4) is 0 Å². The van der Waals surface area contributed by atoms with E-state index in [1.165, 1.54) is 18.4 Å². The van der Waals surface area contributed by atoms with Gasteiger partial charge in [0, 0.05) is 18.7 Å². The van der Waals surface area contributed by atoms with E-state index < -0.39 is 18.0 Å². The van der Waals surface area contributed by atoms with Gasteiger partial charge in [0.2, 0.25) is 0 Å². The normalized spacial score (nSPS) is 15.9. The third kappa shape index (κ3) is 4.68. The van der Waals surface area contributed by atoms with Crippen molar-refractivity contribution < 1.29 is 23.9 Å². The van der Waals surface area contributed by atoms with Gasteiger partial charge in [-0.2, -0.15) is 0 Å². The number of nitrogens with zero attached hydrogens (tertiary/aromatic N) is 1. The van der Waals surface area contributed by atoms with E-state index in [2.05, 4.69) is 10.6 Å². The van der Waals surface area contributed by atoms with Crippen molar-refractivity contribution in [2.75, 3.05) is 26.8 Å². The third-order valence-electron chi connectivity index (χ3n) is 4.26. The Morgan fingerprint density at radius 3 is 2.71 bits per heavy atom. The van der Waals surface area contributed by atoms with Gasteiger partial charge in [0.1, 0.15) is 12.0 Å². The Hall–Kier alpha value is -2.91. The zero-order valence-electron chi connectivity index (χ0n) is 15.3. The molecule has 1 aromatic heterocycles. The molecule has 0 spiro atoms. The van der Waals surface area contributed by atoms with E-state index in [1.807, 2.05) is 17.5 Å². The molecule has 2 aromatic rings. The largest absolute Gasteiger partial charge is 0.496 e. The van der Waals surface area contributed by atoms with Gasteiger partial charge in [-0.25, -0.2) is 0 Å². The summed E-state index contributed by atoms with van der Waals surface area (Å²) in [6.07, 6.45) is -0.597. The number of nitrogens with one attached hydrogen (secondary N) is 2. The highest BCUT2D eigenvalue weighted by atomic mass is 32.1. The molecule has 28 heavy (non-hydrogen) atoms. The second kappa shape index (κ2) is 9.34. The highest BCUT2D eigenvalue weighted by molar-refractivity contribution is 7.12. The van der Waals surface area contributed by atoms with Gasteiger partial charge in [0.05, 0.1) is 25.1 Å². The second-order valence-corrected chi connectivity index (χ2v) is 6.95. The van der Waals surface area contributed by atoms with E-state index in [1.54, 1.807) is 29.2 Å². The molecule has 0 unspecified atom stereocenters. The molecule has 0 radical (unpaired) electrons. The fraction of sp³-hybridized carbons (Fsp3) is 0.316. The van der Waals surface area contributed by atoms with Crippen LogP contribution in [0.1, 0.15) is 15.2 Å². The maximum atomic E-state index is 12.5. The van der Waals surface area contributed by atoms with Crippen LogP contribution in [0.5, 0.6) is 5.75 Å². The van der Waals surface area contributed by atoms with Gasteiger partial charge in [-0.1, -0.05) is 24.3 Å². The maximum Gasteiger partial charge on any atom is 0.309 e. The molecule has 1 saturated heterocycles. The van der Waals surface area contributed by atoms with Crippen LogP contribution in [0.15, 0.2) is 41.8 Å². The minimum Gasteiger partial charge on any atom is -0.496 e. The predicted octanol–water partition coefficient (Wildman–Crippen LogP) is 0.988. The van der Waals surface area contributed by atoms with Gasteiger partial charge in [0.15, 0.2) is 0 Å². The first-order chi connectivity index (χ1) is 13.6. The summed E-state index contributed by atoms with van der Waals surface area (Å²) in [5.74, 6) is -1.06. The summed E-state index contributed by atoms with van der Waals surface area (Å²) < 4.78 is 10.7. The molecule has 1 atom stereocenters. The van der Waals surface area contributed by atoms with Crippen molar-refractivity contribution in [3.63, 3.8) is 0 Å². The Morgan fingerprint density at radius 2 is 1.96 bits per heavy atom. The number of amides is 3. The minimum atomic E-state index is -0.783. The predicted molar refractivity (Wildman–Crippen MR) is 103 cm³/mol. The van der Waals surface area contributed by atoms with E-state index in [-0.39, 0.29) is 19.0 Å². The average Bonchev–Trinajstić information content (AvgIpc) is 3.41. The maximum absolute atomic E-state index is 12.5. The SMILES string of the molecule is COc1ccccc1CNC(=O)C(=O)NC[C@@H]1OCCN1C(=O)c1cccs1. The number of carbonyl (C=O) groups excluding carboxylic acids is 3. The summed E-state index contributed by atoms with van der Waals surface area (Å²) >= 11 is 1.35. The third-order valence-corrected chi connectivity index (χ3v) is 5.12. The summed E-state index contributed by atoms with van der Waals surface area (Å²) in [5, 5.41) is 6.90. The number of ether oxygens (including phenoxy) is 2. The van der Waals surface area contributed by atoms with E-state index in [4.69, 9.17) is 9.47 Å². The van der Waals surface area contributed by atoms with Crippen LogP contribution >= 0.6 is 11.3 Å². The van der Waals surface area contributed by atoms with Crippen molar-refractivity contribution in [2.24, 2.45) is 0 Å². The fourth-order valence-electron chi connectivity index (χ4n) is 2.83. The highest BCUT2D eigenvalue weighted by Crippen LogP contribution is 2.18. The molecule has 1 fully saturated rings. The van der Waals surface area contributed by atoms with E-state index >= 15 is 0 Å². The van der Waals surface area contributed by atoms with Gasteiger partial charge >= 0.3 is 11.8 Å². The second-order valence-electron chi connectivity index (χ2n) is 6.01. The Balaban J connectivity index is 1.49. The first-order valence-electron chi connectivity index (χ1n) is 8.74. The van der Waals surface area contributed by atoms with Crippen molar-refractivity contribution in [3.8, 4) is 5.75 Å². The lowest BCUT2D eigenvalue weighted by atomic mass is 10.2. The van der Waals surface area contributed by atoms with Gasteiger partial charge in [-0.05, 0) is 17.5 Å². The Labute approximate surface area is 166 Å². The Kier molecular flexibility index (Phi) is 6.62. The van der Waals surface area contributed by atoms with Crippen LogP contribution in [-0.2, 0) is 20.9 Å². The number of carbonyl (C=O) groups is 3. The van der Waals surface area contributed by atoms with Crippen molar-refractivity contribution in [1.29, 1.82) is 0 Å². The van der Waals surface area contributed by atoms with E-state index in [0.29, 0.717) is 23.8 Å². The van der Waals surface area contributed by atoms with Gasteiger partial charge in [-0.15, -0.1) is 11.3 Å². The fourth-order valence-corrected chi connectivity index (χ4v) is 3.51. The van der Waals surface area contributed by atoms with Crippen molar-refractivity contribution >= 4 is 29.1 Å². The molecule has 3 amide bonds. The molecule has 0 aliphatic carbocycles. The summed E-state index contributed by atoms with van der Waals surface area (Å²) in [6, 6.07) is 10.8. The summed E-state index contributed by atoms with van der Waals surface area (Å²) in [5.41, 5.74) is 0.762. The smallest absolute Gasteiger partial charge is 0.309 e. The van der Waals surface area contributed by atoms with E-state index in [9.17, 15) is 14.4 Å². The van der Waals surface area contributed by atoms with Crippen LogP contribution in [0.25, 0.3) is 0 Å². The van der Waals surface area contributed by atoms with E-state index in [0.717, 1.165) is 5.56 Å². The molecule has 2 heterocycles. The van der Waals surface area contributed by atoms with Crippen molar-refractivity contribution in [1.82, 2.24) is 15.5 Å². The number of hydrogen-bond acceptors (Lipinski definition) is 6. The topological polar surface area (TPSA) is 97.0 Å². The first-order valence-corrected chi connectivity index (χ1v) is 9.62. The molecular formula is C19H21N3O5S. The van der Waals surface area contributed by atoms with Crippen LogP contribution in [0.4, 0.5) is 0 Å². The Bertz CT molecular complexity index is 840. The number of methoxy groups -OCH3 is 1. The zero-order chi connectivity index (χ0) is 19.9. The number of rotatable bonds is 6. The zero-order valence-corrected chi connectivity index (χ0v) is 16.2. The molecule has 3 rings (SSSR count). The molecule has 9 heteroatoms. The molecule has 1 aliphatic heterocycles. The lowest BCUT2D eigenvalue weighted by Gasteiger charge is -2.22. The van der Waals surface area contributed by atoms with Crippen LogP contribution in [0, 0.1) is 0 Å². The highest BCUT2D eigenvalue weighted by Gasteiger charge is 2.31. The Morgan fingerprint density at radius 1 is 1.18 bits per heavy atom. The molecule has 148 valence electrons. The molecule has 1 aliphatic rings. The van der Waals surface area contributed by atoms with Gasteiger partial charge in [-0.3, -0.25) is 14.4 Å². The molecular weight excluding hydrogens is 382 g/mol. The number of para-hydroxylation sites is 1. The molecule has 2 N–H and O–H groups in total. The quantitative estimate of drug-likeness (QED) is 0.701. The van der Waals surface area contributed by atoms with Crippen LogP contribution in [-0.4, -0.2) is 55.7 Å². The molecule has 0 bridgehead atoms. The number of benzene rings is 1. The van der Waals surface area contributed by atoms with Crippen molar-refractivity contribution in [3.05, 3.63) is 52.2 Å². The molecule has 1 aromatic carbocycles. The molecule has 8 nitrogen and oxygen atoms in total. The molecule has 0 saturated carbocycles.